The first kappa shape index (κ1) is 15.7. The van der Waals surface area contributed by atoms with Crippen molar-refractivity contribution in [2.24, 2.45) is 0 Å². The van der Waals surface area contributed by atoms with E-state index in [-0.39, 0.29) is 6.61 Å². The second kappa shape index (κ2) is 7.92. The fourth-order valence-electron chi connectivity index (χ4n) is 2.36. The van der Waals surface area contributed by atoms with Crippen LogP contribution in [0.25, 0.3) is 17.0 Å². The van der Waals surface area contributed by atoms with E-state index in [1.54, 1.807) is 6.20 Å². The third kappa shape index (κ3) is 4.20. The molecule has 4 heteroatoms. The third-order valence-corrected chi connectivity index (χ3v) is 3.54. The minimum Gasteiger partial charge on any atom is -0.445 e. The molecule has 2 aromatic carbocycles. The number of aromatic nitrogens is 1. The lowest BCUT2D eigenvalue weighted by molar-refractivity contribution is 0.141. The molecule has 0 saturated heterocycles. The molecule has 0 unspecified atom stereocenters. The van der Waals surface area contributed by atoms with Gasteiger partial charge in [0.2, 0.25) is 0 Å². The Labute approximate surface area is 140 Å². The van der Waals surface area contributed by atoms with Crippen molar-refractivity contribution in [3.63, 3.8) is 0 Å². The fraction of sp³-hybridized carbons (Fsp3) is 0.100. The molecular weight excluding hydrogens is 300 g/mol. The quantitative estimate of drug-likeness (QED) is 0.768. The van der Waals surface area contributed by atoms with Crippen molar-refractivity contribution in [3.05, 3.63) is 84.1 Å². The molecule has 0 atom stereocenters. The van der Waals surface area contributed by atoms with Crippen LogP contribution in [0.5, 0.6) is 0 Å². The van der Waals surface area contributed by atoms with Crippen LogP contribution >= 0.6 is 0 Å². The first-order chi connectivity index (χ1) is 11.8. The van der Waals surface area contributed by atoms with Gasteiger partial charge >= 0.3 is 6.09 Å². The Kier molecular flexibility index (Phi) is 5.20. The van der Waals surface area contributed by atoms with Gasteiger partial charge in [-0.15, -0.1) is 0 Å². The maximum atomic E-state index is 11.7. The number of carbonyl (C=O) groups is 1. The molecule has 1 heterocycles. The van der Waals surface area contributed by atoms with Gasteiger partial charge in [-0.1, -0.05) is 66.7 Å². The molecule has 1 amide bonds. The summed E-state index contributed by atoms with van der Waals surface area (Å²) < 4.78 is 5.15. The molecule has 0 spiro atoms. The Morgan fingerprint density at radius 3 is 2.75 bits per heavy atom. The molecule has 0 bridgehead atoms. The number of rotatable bonds is 5. The minimum atomic E-state index is -0.431. The molecule has 1 N–H and O–H groups in total. The maximum Gasteiger partial charge on any atom is 0.407 e. The average molecular weight is 318 g/mol. The third-order valence-electron chi connectivity index (χ3n) is 3.54. The Morgan fingerprint density at radius 1 is 1.04 bits per heavy atom. The van der Waals surface area contributed by atoms with Gasteiger partial charge in [0, 0.05) is 23.7 Å². The van der Waals surface area contributed by atoms with Crippen molar-refractivity contribution in [2.75, 3.05) is 6.54 Å². The van der Waals surface area contributed by atoms with E-state index in [0.717, 1.165) is 22.0 Å². The van der Waals surface area contributed by atoms with Crippen LogP contribution < -0.4 is 5.32 Å². The predicted molar refractivity (Wildman–Crippen MR) is 95.4 cm³/mol. The Bertz CT molecular complexity index is 839. The van der Waals surface area contributed by atoms with Gasteiger partial charge in [0.1, 0.15) is 6.61 Å². The summed E-state index contributed by atoms with van der Waals surface area (Å²) in [5, 5.41) is 3.80. The summed E-state index contributed by atoms with van der Waals surface area (Å²) in [7, 11) is 0. The number of pyridine rings is 1. The SMILES string of the molecule is O=C(NCC=Cc1cccc2cccnc12)OCc1ccccc1. The predicted octanol–water partition coefficient (Wildman–Crippen LogP) is 4.17. The van der Waals surface area contributed by atoms with E-state index in [4.69, 9.17) is 4.74 Å². The molecule has 0 aliphatic rings. The normalized spacial score (nSPS) is 10.8. The van der Waals surface area contributed by atoms with Gasteiger partial charge < -0.3 is 10.1 Å². The molecule has 0 aliphatic heterocycles. The number of hydrogen-bond acceptors (Lipinski definition) is 3. The van der Waals surface area contributed by atoms with E-state index in [0.29, 0.717) is 6.54 Å². The van der Waals surface area contributed by atoms with Crippen molar-refractivity contribution >= 4 is 23.1 Å². The zero-order valence-electron chi connectivity index (χ0n) is 13.2. The van der Waals surface area contributed by atoms with Crippen molar-refractivity contribution < 1.29 is 9.53 Å². The number of amides is 1. The van der Waals surface area contributed by atoms with Crippen molar-refractivity contribution in [2.45, 2.75) is 6.61 Å². The number of nitrogens with zero attached hydrogens (tertiary/aromatic N) is 1. The number of fused-ring (bicyclic) bond motifs is 1. The highest BCUT2D eigenvalue weighted by molar-refractivity contribution is 5.86. The zero-order chi connectivity index (χ0) is 16.6. The van der Waals surface area contributed by atoms with E-state index in [1.165, 1.54) is 0 Å². The summed E-state index contributed by atoms with van der Waals surface area (Å²) in [4.78, 5) is 16.1. The molecule has 1 aromatic heterocycles. The summed E-state index contributed by atoms with van der Waals surface area (Å²) in [6.45, 7) is 0.667. The lowest BCUT2D eigenvalue weighted by Crippen LogP contribution is -2.24. The first-order valence-electron chi connectivity index (χ1n) is 7.78. The van der Waals surface area contributed by atoms with Gasteiger partial charge in [0.15, 0.2) is 0 Å². The van der Waals surface area contributed by atoms with E-state index < -0.39 is 6.09 Å². The van der Waals surface area contributed by atoms with E-state index in [1.807, 2.05) is 72.8 Å². The van der Waals surface area contributed by atoms with E-state index in [2.05, 4.69) is 10.3 Å². The summed E-state index contributed by atoms with van der Waals surface area (Å²) in [6, 6.07) is 19.6. The summed E-state index contributed by atoms with van der Waals surface area (Å²) in [5.41, 5.74) is 2.93. The summed E-state index contributed by atoms with van der Waals surface area (Å²) >= 11 is 0. The first-order valence-corrected chi connectivity index (χ1v) is 7.78. The molecule has 0 radical (unpaired) electrons. The number of carbonyl (C=O) groups excluding carboxylic acids is 1. The molecule has 3 rings (SSSR count). The Morgan fingerprint density at radius 2 is 1.88 bits per heavy atom. The van der Waals surface area contributed by atoms with E-state index in [9.17, 15) is 4.79 Å². The molecule has 0 aliphatic carbocycles. The van der Waals surface area contributed by atoms with Crippen LogP contribution in [0.2, 0.25) is 0 Å². The lowest BCUT2D eigenvalue weighted by Gasteiger charge is -2.05. The largest absolute Gasteiger partial charge is 0.445 e. The zero-order valence-corrected chi connectivity index (χ0v) is 13.2. The fourth-order valence-corrected chi connectivity index (χ4v) is 2.36. The van der Waals surface area contributed by atoms with Gasteiger partial charge in [-0.2, -0.15) is 0 Å². The smallest absolute Gasteiger partial charge is 0.407 e. The van der Waals surface area contributed by atoms with Crippen LogP contribution in [-0.4, -0.2) is 17.6 Å². The Balaban J connectivity index is 1.50. The highest BCUT2D eigenvalue weighted by Gasteiger charge is 2.01. The molecule has 24 heavy (non-hydrogen) atoms. The van der Waals surface area contributed by atoms with Crippen molar-refractivity contribution in [3.8, 4) is 0 Å². The molecule has 4 nitrogen and oxygen atoms in total. The number of ether oxygens (including phenoxy) is 1. The van der Waals surface area contributed by atoms with Gasteiger partial charge in [-0.25, -0.2) is 4.79 Å². The second-order valence-electron chi connectivity index (χ2n) is 5.27. The summed E-state index contributed by atoms with van der Waals surface area (Å²) in [6.07, 6.45) is 5.18. The average Bonchev–Trinajstić information content (AvgIpc) is 2.64. The van der Waals surface area contributed by atoms with Crippen LogP contribution in [-0.2, 0) is 11.3 Å². The van der Waals surface area contributed by atoms with Crippen LogP contribution in [0, 0.1) is 0 Å². The maximum absolute atomic E-state index is 11.7. The molecule has 0 fully saturated rings. The van der Waals surface area contributed by atoms with Crippen LogP contribution in [0.4, 0.5) is 4.79 Å². The standard InChI is InChI=1S/C20H18N2O2/c23-20(24-15-16-7-2-1-3-8-16)22-14-6-12-18-10-4-9-17-11-5-13-21-19(17)18/h1-13H,14-15H2,(H,22,23). The number of hydrogen-bond donors (Lipinski definition) is 1. The van der Waals surface area contributed by atoms with E-state index >= 15 is 0 Å². The monoisotopic (exact) mass is 318 g/mol. The highest BCUT2D eigenvalue weighted by Crippen LogP contribution is 2.16. The van der Waals surface area contributed by atoms with Crippen molar-refractivity contribution in [1.29, 1.82) is 0 Å². The highest BCUT2D eigenvalue weighted by atomic mass is 16.5. The number of benzene rings is 2. The number of para-hydroxylation sites is 1. The second-order valence-corrected chi connectivity index (χ2v) is 5.27. The number of nitrogens with one attached hydrogen (secondary N) is 1. The van der Waals surface area contributed by atoms with Gasteiger partial charge in [-0.3, -0.25) is 4.98 Å². The molecule has 0 saturated carbocycles. The topological polar surface area (TPSA) is 51.2 Å². The lowest BCUT2D eigenvalue weighted by atomic mass is 10.1. The van der Waals surface area contributed by atoms with Gasteiger partial charge in [0.25, 0.3) is 0 Å². The number of alkyl carbamates (subject to hydrolysis) is 1. The van der Waals surface area contributed by atoms with Crippen LogP contribution in [0.3, 0.4) is 0 Å². The minimum absolute atomic E-state index is 0.267. The summed E-state index contributed by atoms with van der Waals surface area (Å²) in [5.74, 6) is 0. The van der Waals surface area contributed by atoms with Gasteiger partial charge in [-0.05, 0) is 11.6 Å². The molecule has 3 aromatic rings. The Hall–Kier alpha value is -3.14. The van der Waals surface area contributed by atoms with Gasteiger partial charge in [0.05, 0.1) is 5.52 Å². The van der Waals surface area contributed by atoms with Crippen molar-refractivity contribution in [1.82, 2.24) is 10.3 Å². The van der Waals surface area contributed by atoms with Crippen LogP contribution in [0.1, 0.15) is 11.1 Å². The molecule has 120 valence electrons. The molecular formula is C20H18N2O2. The van der Waals surface area contributed by atoms with Crippen LogP contribution in [0.15, 0.2) is 72.9 Å².